The van der Waals surface area contributed by atoms with Gasteiger partial charge in [-0.1, -0.05) is 78.0 Å². The third-order valence-electron chi connectivity index (χ3n) is 17.3. The van der Waals surface area contributed by atoms with Crippen LogP contribution in [0.1, 0.15) is 139 Å². The number of esters is 1. The fourth-order valence-electron chi connectivity index (χ4n) is 12.0. The number of allylic oxidation sites excluding steroid dienone is 5. The van der Waals surface area contributed by atoms with Crippen molar-refractivity contribution in [3.63, 3.8) is 0 Å². The number of aliphatic hydroxyl groups excluding tert-OH is 2. The van der Waals surface area contributed by atoms with E-state index >= 15 is 0 Å². The summed E-state index contributed by atoms with van der Waals surface area (Å²) in [5.74, 6) is -7.76. The van der Waals surface area contributed by atoms with Crippen LogP contribution >= 0.6 is 0 Å². The Kier molecular flexibility index (Phi) is 34.6. The minimum Gasteiger partial charge on any atom is -0.460 e. The number of ether oxygens (including phenoxy) is 11. The fourth-order valence-corrected chi connectivity index (χ4v) is 12.0. The number of Topliss-reactive ketones (excluding diaryl/α,β-unsaturated/α-hetero) is 2. The highest BCUT2D eigenvalue weighted by atomic mass is 16.6. The summed E-state index contributed by atoms with van der Waals surface area (Å²) < 4.78 is 64.0. The van der Waals surface area contributed by atoms with Gasteiger partial charge in [0.2, 0.25) is 5.79 Å². The van der Waals surface area contributed by atoms with Crippen LogP contribution in [0.15, 0.2) is 47.6 Å². The van der Waals surface area contributed by atoms with Gasteiger partial charge in [-0.25, -0.2) is 9.59 Å². The number of hydrogen-bond donors (Lipinski definition) is 4. The molecule has 4 rings (SSSR count). The van der Waals surface area contributed by atoms with E-state index in [1.807, 2.05) is 58.1 Å². The largest absolute Gasteiger partial charge is 0.460 e. The number of ketones is 2. The van der Waals surface area contributed by atoms with Crippen LogP contribution in [-0.4, -0.2) is 211 Å². The van der Waals surface area contributed by atoms with Crippen LogP contribution in [0.3, 0.4) is 0 Å². The molecule has 4 N–H and O–H groups in total. The number of cyclic esters (lactones) is 1. The number of nitrogens with zero attached hydrogens (tertiary/aromatic N) is 1. The predicted molar refractivity (Wildman–Crippen MR) is 323 cm³/mol. The molecule has 16 atom stereocenters. The Morgan fingerprint density at radius 3 is 1.99 bits per heavy atom. The first-order valence-electron chi connectivity index (χ1n) is 31.7. The molecule has 0 aromatic carbocycles. The number of carbonyl (C=O) groups excluding carboxylic acids is 5. The van der Waals surface area contributed by atoms with Crippen LogP contribution in [0.5, 0.6) is 0 Å². The molecule has 3 heterocycles. The van der Waals surface area contributed by atoms with E-state index in [1.54, 1.807) is 48.2 Å². The van der Waals surface area contributed by atoms with E-state index in [9.17, 15) is 39.3 Å². The Labute approximate surface area is 512 Å². The molecule has 1 saturated carbocycles. The van der Waals surface area contributed by atoms with Crippen LogP contribution in [-0.2, 0) is 71.3 Å². The molecule has 4 aliphatic rings. The summed E-state index contributed by atoms with van der Waals surface area (Å²) in [6, 6.07) is -1.14. The molecule has 2 saturated heterocycles. The Morgan fingerprint density at radius 1 is 0.721 bits per heavy atom. The monoisotopic (exact) mass is 1220 g/mol. The molecule has 86 heavy (non-hydrogen) atoms. The summed E-state index contributed by atoms with van der Waals surface area (Å²) in [4.78, 5) is 71.5. The Hall–Kier alpha value is -3.97. The molecular weight excluding hydrogens is 1110 g/mol. The molecule has 3 aliphatic heterocycles. The molecule has 492 valence electrons. The highest BCUT2D eigenvalue weighted by Gasteiger charge is 2.53. The molecule has 1 aliphatic carbocycles. The van der Waals surface area contributed by atoms with Crippen molar-refractivity contribution in [3.8, 4) is 0 Å². The van der Waals surface area contributed by atoms with Crippen molar-refractivity contribution in [1.82, 2.24) is 10.2 Å². The van der Waals surface area contributed by atoms with Crippen LogP contribution in [0, 0.1) is 35.5 Å². The van der Waals surface area contributed by atoms with Gasteiger partial charge in [0.05, 0.1) is 83.9 Å². The van der Waals surface area contributed by atoms with Crippen molar-refractivity contribution >= 4 is 29.5 Å². The van der Waals surface area contributed by atoms with Crippen LogP contribution in [0.4, 0.5) is 4.79 Å². The normalized spacial score (nSPS) is 34.2. The second-order valence-electron chi connectivity index (χ2n) is 24.2. The Balaban J connectivity index is 1.47. The van der Waals surface area contributed by atoms with E-state index in [0.29, 0.717) is 123 Å². The lowest BCUT2D eigenvalue weighted by atomic mass is 9.78. The number of carbonyl (C=O) groups is 5. The highest BCUT2D eigenvalue weighted by molar-refractivity contribution is 6.39. The lowest BCUT2D eigenvalue weighted by molar-refractivity contribution is -0.265. The Bertz CT molecular complexity index is 2160. The molecule has 21 nitrogen and oxygen atoms in total. The lowest BCUT2D eigenvalue weighted by Crippen LogP contribution is -2.61. The zero-order valence-corrected chi connectivity index (χ0v) is 53.6. The standard InChI is InChI=1S/C65H108N2O19/c1-12-27-79-29-31-81-33-35-83-36-34-82-32-30-80-28-25-66-64(74)85-53-24-22-50(40-57(53)78-11)39-46(5)56-42-55(77-10)45(4)38-48(7)59(69)60(70)58(68)47(6)37-43(2)18-14-13-15-19-44(3)54(76-9)41-51-23-21-49(8)65(75,86-51)61(71)62(72)67-26-17-16-20-52(67)63(73)84-56/h13-15,18-19,38,43,45-47,49-57,59-60,69-70,75H,12,16-17,20-37,39-42H2,1-11H3,(H,66,74)/b15-13+,18-14+,44-19+,48-38+/t43-,45-,46-,47-,49-,50+,51+,52+,53-,54+,55-,56+,57-,59-,60+,65-/m1/s1. The molecule has 2 amide bonds. The van der Waals surface area contributed by atoms with E-state index in [4.69, 9.17) is 52.1 Å². The van der Waals surface area contributed by atoms with Crippen molar-refractivity contribution in [2.75, 3.05) is 100 Å². The van der Waals surface area contributed by atoms with E-state index in [-0.39, 0.29) is 50.3 Å². The van der Waals surface area contributed by atoms with Crippen molar-refractivity contribution in [3.05, 3.63) is 47.6 Å². The molecule has 0 spiro atoms. The molecule has 0 radical (unpaired) electrons. The SMILES string of the molecule is CCCOCCOCCOCCOCCOCCNC(=O)O[C@@H]1CC[C@@H](C[C@@H](C)[C@@H]2C[C@@H](OC)[C@H](C)/C=C(\C)[C@@H](O)[C@@H](O)C(=O)[C@H](C)C[C@H](C)/C=C/C=C/C=C(\C)[C@@H](OC)C[C@@H]3CC[C@@H](C)[C@@](O)(O3)C(=O)C(=O)N3CCCC[C@H]3C(=O)O2)C[C@H]1OC. The summed E-state index contributed by atoms with van der Waals surface area (Å²) in [5, 5.41) is 37.5. The number of methoxy groups -OCH3 is 3. The van der Waals surface area contributed by atoms with Crippen molar-refractivity contribution < 1.29 is 91.4 Å². The number of aliphatic hydroxyl groups is 3. The zero-order chi connectivity index (χ0) is 63.2. The van der Waals surface area contributed by atoms with Gasteiger partial charge in [0.25, 0.3) is 11.7 Å². The number of hydrogen-bond acceptors (Lipinski definition) is 19. The smallest absolute Gasteiger partial charge is 0.407 e. The summed E-state index contributed by atoms with van der Waals surface area (Å²) in [7, 11) is 4.70. The first-order chi connectivity index (χ1) is 41.2. The van der Waals surface area contributed by atoms with Gasteiger partial charge < -0.3 is 77.6 Å². The van der Waals surface area contributed by atoms with E-state index < -0.39 is 108 Å². The second kappa shape index (κ2) is 39.9. The Morgan fingerprint density at radius 2 is 1.36 bits per heavy atom. The van der Waals surface area contributed by atoms with Gasteiger partial charge in [0, 0.05) is 71.6 Å². The summed E-state index contributed by atoms with van der Waals surface area (Å²) in [6.45, 7) is 19.9. The van der Waals surface area contributed by atoms with Crippen molar-refractivity contribution in [2.24, 2.45) is 35.5 Å². The van der Waals surface area contributed by atoms with Crippen LogP contribution < -0.4 is 5.32 Å². The van der Waals surface area contributed by atoms with Gasteiger partial charge in [0.15, 0.2) is 5.78 Å². The van der Waals surface area contributed by atoms with E-state index in [0.717, 1.165) is 18.6 Å². The van der Waals surface area contributed by atoms with Crippen LogP contribution in [0.25, 0.3) is 0 Å². The van der Waals surface area contributed by atoms with Crippen molar-refractivity contribution in [1.29, 1.82) is 0 Å². The molecule has 0 unspecified atom stereocenters. The van der Waals surface area contributed by atoms with Gasteiger partial charge in [-0.2, -0.15) is 0 Å². The number of amides is 2. The lowest BCUT2D eigenvalue weighted by Gasteiger charge is -2.43. The predicted octanol–water partition coefficient (Wildman–Crippen LogP) is 7.20. The number of alkyl carbamates (subject to hydrolysis) is 1. The summed E-state index contributed by atoms with van der Waals surface area (Å²) in [6.07, 6.45) is 10.5. The molecule has 0 aromatic heterocycles. The number of nitrogens with one attached hydrogen (secondary N) is 1. The molecule has 0 aromatic rings. The van der Waals surface area contributed by atoms with Gasteiger partial charge in [-0.3, -0.25) is 14.4 Å². The second-order valence-corrected chi connectivity index (χ2v) is 24.2. The number of rotatable bonds is 24. The third kappa shape index (κ3) is 24.4. The van der Waals surface area contributed by atoms with Crippen molar-refractivity contribution in [2.45, 2.75) is 200 Å². The third-order valence-corrected chi connectivity index (χ3v) is 17.3. The first-order valence-corrected chi connectivity index (χ1v) is 31.7. The maximum Gasteiger partial charge on any atom is 0.407 e. The van der Waals surface area contributed by atoms with Gasteiger partial charge in [-0.15, -0.1) is 0 Å². The number of fused-ring (bicyclic) bond motifs is 3. The first kappa shape index (κ1) is 74.5. The molecule has 21 heteroatoms. The average Bonchev–Trinajstić information content (AvgIpc) is 1.14. The van der Waals surface area contributed by atoms with Gasteiger partial charge >= 0.3 is 12.1 Å². The highest BCUT2D eigenvalue weighted by Crippen LogP contribution is 2.38. The van der Waals surface area contributed by atoms with Gasteiger partial charge in [0.1, 0.15) is 30.5 Å². The van der Waals surface area contributed by atoms with E-state index in [2.05, 4.69) is 12.2 Å². The quantitative estimate of drug-likeness (QED) is 0.0322. The summed E-state index contributed by atoms with van der Waals surface area (Å²) in [5.41, 5.74) is 1.23. The average molecular weight is 1220 g/mol. The molecular formula is C65H108N2O19. The number of piperidine rings is 1. The minimum atomic E-state index is -2.45. The molecule has 3 fully saturated rings. The van der Waals surface area contributed by atoms with Gasteiger partial charge in [-0.05, 0) is 113 Å². The van der Waals surface area contributed by atoms with E-state index in [1.165, 1.54) is 4.90 Å². The van der Waals surface area contributed by atoms with Crippen LogP contribution in [0.2, 0.25) is 0 Å². The maximum atomic E-state index is 14.8. The molecule has 2 bridgehead atoms. The maximum absolute atomic E-state index is 14.8. The summed E-state index contributed by atoms with van der Waals surface area (Å²) >= 11 is 0. The topological polar surface area (TPSA) is 263 Å². The zero-order valence-electron chi connectivity index (χ0n) is 53.6. The fraction of sp³-hybridized carbons (Fsp3) is 0.800. The minimum absolute atomic E-state index is 0.0340.